The summed E-state index contributed by atoms with van der Waals surface area (Å²) in [6.07, 6.45) is 5.37. The van der Waals surface area contributed by atoms with Gasteiger partial charge in [-0.3, -0.25) is 9.48 Å². The molecule has 5 nitrogen and oxygen atoms in total. The lowest BCUT2D eigenvalue weighted by molar-refractivity contribution is 0.0620. The molecule has 124 valence electrons. The fourth-order valence-corrected chi connectivity index (χ4v) is 3.32. The van der Waals surface area contributed by atoms with Gasteiger partial charge in [0.05, 0.1) is 6.04 Å². The van der Waals surface area contributed by atoms with Crippen LogP contribution in [0.5, 0.6) is 0 Å². The summed E-state index contributed by atoms with van der Waals surface area (Å²) in [6.45, 7) is 8.27. The number of halogens is 1. The minimum absolute atomic E-state index is 0. The first-order valence-electron chi connectivity index (χ1n) is 8.20. The Morgan fingerprint density at radius 3 is 2.82 bits per heavy atom. The van der Waals surface area contributed by atoms with E-state index in [1.165, 1.54) is 6.42 Å². The molecule has 2 saturated heterocycles. The van der Waals surface area contributed by atoms with Crippen molar-refractivity contribution < 1.29 is 4.79 Å². The molecule has 3 atom stereocenters. The second-order valence-corrected chi connectivity index (χ2v) is 6.68. The van der Waals surface area contributed by atoms with E-state index in [4.69, 9.17) is 0 Å². The van der Waals surface area contributed by atoms with Gasteiger partial charge in [0.2, 0.25) is 0 Å². The second-order valence-electron chi connectivity index (χ2n) is 6.68. The van der Waals surface area contributed by atoms with Gasteiger partial charge in [0.25, 0.3) is 5.91 Å². The molecular formula is C16H27ClN4O. The Balaban J connectivity index is 0.00000176. The average Bonchev–Trinajstić information content (AvgIpc) is 3.00. The van der Waals surface area contributed by atoms with Crippen LogP contribution in [0.25, 0.3) is 0 Å². The number of carbonyl (C=O) groups is 1. The largest absolute Gasteiger partial charge is 0.337 e. The van der Waals surface area contributed by atoms with Crippen molar-refractivity contribution in [3.05, 3.63) is 18.0 Å². The third-order valence-corrected chi connectivity index (χ3v) is 5.09. The Hall–Kier alpha value is -1.07. The van der Waals surface area contributed by atoms with Crippen molar-refractivity contribution in [2.24, 2.45) is 11.8 Å². The third kappa shape index (κ3) is 3.63. The van der Waals surface area contributed by atoms with Crippen LogP contribution in [0.2, 0.25) is 0 Å². The second kappa shape index (κ2) is 7.47. The zero-order valence-electron chi connectivity index (χ0n) is 13.5. The summed E-state index contributed by atoms with van der Waals surface area (Å²) < 4.78 is 1.97. The van der Waals surface area contributed by atoms with E-state index < -0.39 is 0 Å². The van der Waals surface area contributed by atoms with Gasteiger partial charge >= 0.3 is 0 Å². The number of nitrogens with one attached hydrogen (secondary N) is 1. The van der Waals surface area contributed by atoms with E-state index >= 15 is 0 Å². The molecule has 0 bridgehead atoms. The Labute approximate surface area is 138 Å². The van der Waals surface area contributed by atoms with Gasteiger partial charge in [-0.2, -0.15) is 5.10 Å². The normalized spacial score (nSPS) is 29.0. The highest BCUT2D eigenvalue weighted by molar-refractivity contribution is 5.92. The Morgan fingerprint density at radius 1 is 1.32 bits per heavy atom. The summed E-state index contributed by atoms with van der Waals surface area (Å²) in [5.74, 6) is 1.38. The number of piperidine rings is 2. The van der Waals surface area contributed by atoms with Crippen molar-refractivity contribution in [3.8, 4) is 0 Å². The number of carbonyl (C=O) groups excluding carboxylic acids is 1. The molecule has 0 radical (unpaired) electrons. The molecule has 1 aromatic heterocycles. The number of hydrogen-bond acceptors (Lipinski definition) is 3. The summed E-state index contributed by atoms with van der Waals surface area (Å²) in [7, 11) is 0. The maximum atomic E-state index is 12.6. The van der Waals surface area contributed by atoms with Crippen LogP contribution in [-0.4, -0.2) is 46.8 Å². The number of rotatable bonds is 2. The first-order valence-corrected chi connectivity index (χ1v) is 8.20. The fourth-order valence-electron chi connectivity index (χ4n) is 3.32. The predicted octanol–water partition coefficient (Wildman–Crippen LogP) is 2.35. The van der Waals surface area contributed by atoms with Gasteiger partial charge in [-0.1, -0.05) is 13.8 Å². The molecule has 2 aliphatic rings. The molecule has 1 amide bonds. The molecule has 0 spiro atoms. The summed E-state index contributed by atoms with van der Waals surface area (Å²) >= 11 is 0. The van der Waals surface area contributed by atoms with E-state index in [0.717, 1.165) is 39.0 Å². The van der Waals surface area contributed by atoms with Gasteiger partial charge in [0, 0.05) is 25.8 Å². The lowest BCUT2D eigenvalue weighted by atomic mass is 9.88. The Kier molecular flexibility index (Phi) is 5.87. The van der Waals surface area contributed by atoms with E-state index in [2.05, 4.69) is 24.3 Å². The number of nitrogens with zero attached hydrogens (tertiary/aromatic N) is 3. The van der Waals surface area contributed by atoms with Gasteiger partial charge in [-0.25, -0.2) is 0 Å². The summed E-state index contributed by atoms with van der Waals surface area (Å²) in [4.78, 5) is 14.6. The number of amides is 1. The van der Waals surface area contributed by atoms with E-state index in [-0.39, 0.29) is 18.3 Å². The lowest BCUT2D eigenvalue weighted by Crippen LogP contribution is -2.42. The SMILES string of the molecule is CC1CCN(C(=O)c2ccn(C3CCCNC3)n2)CC1C.Cl. The first-order chi connectivity index (χ1) is 10.1. The van der Waals surface area contributed by atoms with Crippen LogP contribution in [-0.2, 0) is 0 Å². The number of aromatic nitrogens is 2. The summed E-state index contributed by atoms with van der Waals surface area (Å²) in [5.41, 5.74) is 0.599. The molecule has 3 heterocycles. The number of likely N-dealkylation sites (tertiary alicyclic amines) is 1. The lowest BCUT2D eigenvalue weighted by Gasteiger charge is -2.34. The topological polar surface area (TPSA) is 50.2 Å². The minimum Gasteiger partial charge on any atom is -0.337 e. The minimum atomic E-state index is 0. The molecular weight excluding hydrogens is 300 g/mol. The highest BCUT2D eigenvalue weighted by Gasteiger charge is 2.28. The van der Waals surface area contributed by atoms with Gasteiger partial charge in [-0.05, 0) is 43.7 Å². The van der Waals surface area contributed by atoms with Gasteiger partial charge in [0.15, 0.2) is 0 Å². The van der Waals surface area contributed by atoms with E-state index in [9.17, 15) is 4.79 Å². The molecule has 0 aliphatic carbocycles. The molecule has 0 aromatic carbocycles. The van der Waals surface area contributed by atoms with Crippen LogP contribution in [0.3, 0.4) is 0 Å². The standard InChI is InChI=1S/C16H26N4O.ClH/c1-12-5-8-19(11-13(12)2)16(21)15-6-9-20(18-15)14-4-3-7-17-10-14;/h6,9,12-14,17H,3-5,7-8,10-11H2,1-2H3;1H. The van der Waals surface area contributed by atoms with Crippen LogP contribution in [0.1, 0.15) is 49.6 Å². The van der Waals surface area contributed by atoms with Crippen molar-refractivity contribution in [1.29, 1.82) is 0 Å². The van der Waals surface area contributed by atoms with Crippen LogP contribution >= 0.6 is 12.4 Å². The molecule has 3 rings (SSSR count). The van der Waals surface area contributed by atoms with Crippen LogP contribution in [0, 0.1) is 11.8 Å². The summed E-state index contributed by atoms with van der Waals surface area (Å²) in [6, 6.07) is 2.26. The molecule has 1 aromatic rings. The molecule has 3 unspecified atom stereocenters. The quantitative estimate of drug-likeness (QED) is 0.907. The first kappa shape index (κ1) is 17.3. The van der Waals surface area contributed by atoms with Crippen LogP contribution < -0.4 is 5.32 Å². The maximum Gasteiger partial charge on any atom is 0.274 e. The molecule has 0 saturated carbocycles. The van der Waals surface area contributed by atoms with E-state index in [1.54, 1.807) is 0 Å². The maximum absolute atomic E-state index is 12.6. The monoisotopic (exact) mass is 326 g/mol. The summed E-state index contributed by atoms with van der Waals surface area (Å²) in [5, 5.41) is 7.93. The van der Waals surface area contributed by atoms with Gasteiger partial charge in [-0.15, -0.1) is 12.4 Å². The van der Waals surface area contributed by atoms with Crippen LogP contribution in [0.4, 0.5) is 0 Å². The Bertz CT molecular complexity index is 498. The van der Waals surface area contributed by atoms with Gasteiger partial charge in [0.1, 0.15) is 5.69 Å². The smallest absolute Gasteiger partial charge is 0.274 e. The highest BCUT2D eigenvalue weighted by Crippen LogP contribution is 2.24. The van der Waals surface area contributed by atoms with Crippen LogP contribution in [0.15, 0.2) is 12.3 Å². The fraction of sp³-hybridized carbons (Fsp3) is 0.750. The number of hydrogen-bond donors (Lipinski definition) is 1. The highest BCUT2D eigenvalue weighted by atomic mass is 35.5. The molecule has 2 fully saturated rings. The third-order valence-electron chi connectivity index (χ3n) is 5.09. The van der Waals surface area contributed by atoms with Crippen molar-refractivity contribution in [2.45, 2.75) is 39.2 Å². The average molecular weight is 327 g/mol. The molecule has 1 N–H and O–H groups in total. The van der Waals surface area contributed by atoms with E-state index in [0.29, 0.717) is 23.6 Å². The molecule has 6 heteroatoms. The molecule has 2 aliphatic heterocycles. The Morgan fingerprint density at radius 2 is 2.14 bits per heavy atom. The van der Waals surface area contributed by atoms with Crippen molar-refractivity contribution in [1.82, 2.24) is 20.0 Å². The zero-order valence-corrected chi connectivity index (χ0v) is 14.3. The van der Waals surface area contributed by atoms with E-state index in [1.807, 2.05) is 21.8 Å². The molecule has 22 heavy (non-hydrogen) atoms. The van der Waals surface area contributed by atoms with Crippen molar-refractivity contribution >= 4 is 18.3 Å². The zero-order chi connectivity index (χ0) is 14.8. The van der Waals surface area contributed by atoms with Crippen molar-refractivity contribution in [3.63, 3.8) is 0 Å². The van der Waals surface area contributed by atoms with Gasteiger partial charge < -0.3 is 10.2 Å². The van der Waals surface area contributed by atoms with Crippen molar-refractivity contribution in [2.75, 3.05) is 26.2 Å². The predicted molar refractivity (Wildman–Crippen MR) is 89.5 cm³/mol.